The van der Waals surface area contributed by atoms with Crippen LogP contribution in [0.1, 0.15) is 24.8 Å². The van der Waals surface area contributed by atoms with Crippen LogP contribution < -0.4 is 15.8 Å². The predicted octanol–water partition coefficient (Wildman–Crippen LogP) is 1.23. The van der Waals surface area contributed by atoms with Gasteiger partial charge in [-0.25, -0.2) is 13.6 Å². The summed E-state index contributed by atoms with van der Waals surface area (Å²) in [6, 6.07) is -0.643. The zero-order valence-corrected chi connectivity index (χ0v) is 16.6. The van der Waals surface area contributed by atoms with E-state index >= 15 is 0 Å². The molecule has 0 radical (unpaired) electrons. The number of carbonyl (C=O) groups excluding carboxylic acids is 2. The first-order valence-corrected chi connectivity index (χ1v) is 9.78. The van der Waals surface area contributed by atoms with Gasteiger partial charge in [0.2, 0.25) is 0 Å². The molecule has 0 bridgehead atoms. The van der Waals surface area contributed by atoms with Crippen molar-refractivity contribution in [2.24, 2.45) is 5.73 Å². The van der Waals surface area contributed by atoms with E-state index in [4.69, 9.17) is 32.2 Å². The number of hydrogen-bond acceptors (Lipinski definition) is 9. The number of esters is 2. The van der Waals surface area contributed by atoms with Crippen LogP contribution in [0.15, 0.2) is 24.0 Å². The van der Waals surface area contributed by atoms with Crippen LogP contribution in [0.2, 0.25) is 0 Å². The number of carbonyl (C=O) groups is 2. The monoisotopic (exact) mass is 439 g/mol. The van der Waals surface area contributed by atoms with Crippen molar-refractivity contribution in [1.29, 1.82) is 0 Å². The van der Waals surface area contributed by atoms with Gasteiger partial charge in [0.05, 0.1) is 12.5 Å². The van der Waals surface area contributed by atoms with Crippen molar-refractivity contribution in [3.05, 3.63) is 41.2 Å². The Hall–Kier alpha value is -2.79. The second kappa shape index (κ2) is 7.80. The van der Waals surface area contributed by atoms with E-state index in [9.17, 15) is 18.4 Å². The predicted molar refractivity (Wildman–Crippen MR) is 103 cm³/mol. The fourth-order valence-electron chi connectivity index (χ4n) is 3.79. The molecule has 8 nitrogen and oxygen atoms in total. The lowest BCUT2D eigenvalue weighted by Crippen LogP contribution is -2.64. The number of thiocarbonyl (C=S) groups is 1. The lowest BCUT2D eigenvalue weighted by atomic mass is 10.00. The molecule has 3 N–H and O–H groups in total. The molecule has 160 valence electrons. The first-order chi connectivity index (χ1) is 14.3. The zero-order chi connectivity index (χ0) is 21.5. The van der Waals surface area contributed by atoms with Gasteiger partial charge in [0, 0.05) is 42.8 Å². The Labute approximate surface area is 175 Å². The van der Waals surface area contributed by atoms with E-state index in [0.717, 1.165) is 6.07 Å². The quantitative estimate of drug-likeness (QED) is 0.532. The van der Waals surface area contributed by atoms with Gasteiger partial charge in [0.1, 0.15) is 17.3 Å². The Bertz CT molecular complexity index is 956. The molecule has 3 aliphatic rings. The van der Waals surface area contributed by atoms with E-state index in [1.165, 1.54) is 17.2 Å². The van der Waals surface area contributed by atoms with E-state index in [1.807, 2.05) is 0 Å². The maximum absolute atomic E-state index is 14.1. The van der Waals surface area contributed by atoms with Gasteiger partial charge < -0.3 is 19.9 Å². The summed E-state index contributed by atoms with van der Waals surface area (Å²) in [7, 11) is 0. The molecule has 1 aromatic rings. The Morgan fingerprint density at radius 2 is 2.07 bits per heavy atom. The molecule has 0 saturated carbocycles. The van der Waals surface area contributed by atoms with Gasteiger partial charge in [-0.2, -0.15) is 0 Å². The minimum atomic E-state index is -1.99. The number of nitrogens with two attached hydrogens (primary N) is 1. The highest BCUT2D eigenvalue weighted by Crippen LogP contribution is 2.38. The van der Waals surface area contributed by atoms with E-state index in [1.54, 1.807) is 0 Å². The van der Waals surface area contributed by atoms with E-state index in [2.05, 4.69) is 5.32 Å². The fraction of sp³-hybridized carbons (Fsp3) is 0.421. The molecule has 30 heavy (non-hydrogen) atoms. The molecule has 3 heterocycles. The normalized spacial score (nSPS) is 26.1. The maximum Gasteiger partial charge on any atom is 0.436 e. The molecule has 0 amide bonds. The summed E-state index contributed by atoms with van der Waals surface area (Å²) in [5.41, 5.74) is 6.59. The summed E-state index contributed by atoms with van der Waals surface area (Å²) in [5.74, 6) is -3.00. The standard InChI is InChI=1S/C19H19F2N3O5S/c20-11-5-10-6-13(9-27-17(10)14(21)7-11)24-12(3-4-22)8-23-19(24)28-16(25)2-1-15(30)18(26)29-19/h5,7-8,13,23H,1-4,6,9,22H2/t13-,19?/m1/s1. The largest absolute Gasteiger partial charge is 0.488 e. The first-order valence-electron chi connectivity index (χ1n) is 9.38. The summed E-state index contributed by atoms with van der Waals surface area (Å²) in [6.07, 6.45) is 1.99. The SMILES string of the molecule is NCCC1=CNC2(OC(=O)CCC(=S)C(=O)O2)N1[C@H]1COc2c(F)cc(F)cc2C1. The fourth-order valence-corrected chi connectivity index (χ4v) is 3.93. The second-order valence-corrected chi connectivity index (χ2v) is 7.59. The van der Waals surface area contributed by atoms with Gasteiger partial charge >= 0.3 is 18.0 Å². The van der Waals surface area contributed by atoms with Crippen LogP contribution in [0.4, 0.5) is 8.78 Å². The highest BCUT2D eigenvalue weighted by molar-refractivity contribution is 7.82. The Balaban J connectivity index is 1.71. The number of ether oxygens (including phenoxy) is 3. The number of nitrogens with one attached hydrogen (secondary N) is 1. The van der Waals surface area contributed by atoms with Crippen molar-refractivity contribution >= 4 is 29.0 Å². The van der Waals surface area contributed by atoms with E-state index in [-0.39, 0.29) is 43.0 Å². The van der Waals surface area contributed by atoms with Crippen LogP contribution in [0.5, 0.6) is 5.75 Å². The highest BCUT2D eigenvalue weighted by atomic mass is 32.1. The summed E-state index contributed by atoms with van der Waals surface area (Å²) in [5, 5.41) is 2.81. The second-order valence-electron chi connectivity index (χ2n) is 7.10. The number of halogens is 2. The molecule has 1 spiro atoms. The molecule has 2 atom stereocenters. The van der Waals surface area contributed by atoms with Crippen molar-refractivity contribution < 1.29 is 32.6 Å². The zero-order valence-electron chi connectivity index (χ0n) is 15.8. The molecule has 3 aliphatic heterocycles. The topological polar surface area (TPSA) is 103 Å². The maximum atomic E-state index is 14.1. The van der Waals surface area contributed by atoms with Gasteiger partial charge in [0.15, 0.2) is 11.6 Å². The van der Waals surface area contributed by atoms with Crippen LogP contribution in [-0.2, 0) is 25.5 Å². The van der Waals surface area contributed by atoms with Gasteiger partial charge in [-0.3, -0.25) is 15.0 Å². The first kappa shape index (κ1) is 20.5. The van der Waals surface area contributed by atoms with Crippen LogP contribution >= 0.6 is 12.2 Å². The van der Waals surface area contributed by atoms with Crippen LogP contribution in [0, 0.1) is 11.6 Å². The molecule has 1 saturated heterocycles. The number of benzene rings is 1. The smallest absolute Gasteiger partial charge is 0.436 e. The van der Waals surface area contributed by atoms with Gasteiger partial charge in [-0.05, 0) is 12.6 Å². The van der Waals surface area contributed by atoms with Gasteiger partial charge in [-0.1, -0.05) is 12.2 Å². The number of hydrogen-bond donors (Lipinski definition) is 2. The number of fused-ring (bicyclic) bond motifs is 1. The Morgan fingerprint density at radius 3 is 2.83 bits per heavy atom. The van der Waals surface area contributed by atoms with E-state index < -0.39 is 35.6 Å². The third-order valence-electron chi connectivity index (χ3n) is 5.04. The van der Waals surface area contributed by atoms with Gasteiger partial charge in [0.25, 0.3) is 0 Å². The minimum Gasteiger partial charge on any atom is -0.488 e. The van der Waals surface area contributed by atoms with E-state index in [0.29, 0.717) is 17.7 Å². The van der Waals surface area contributed by atoms with Crippen LogP contribution in [0.3, 0.4) is 0 Å². The molecular weight excluding hydrogens is 420 g/mol. The molecular formula is C19H19F2N3O5S. The molecule has 4 rings (SSSR count). The molecule has 1 unspecified atom stereocenters. The summed E-state index contributed by atoms with van der Waals surface area (Å²) in [4.78, 5) is 26.2. The van der Waals surface area contributed by atoms with Crippen LogP contribution in [-0.4, -0.2) is 46.9 Å². The Morgan fingerprint density at radius 1 is 1.27 bits per heavy atom. The molecule has 11 heteroatoms. The minimum absolute atomic E-state index is 0.0273. The van der Waals surface area contributed by atoms with Crippen LogP contribution in [0.25, 0.3) is 0 Å². The summed E-state index contributed by atoms with van der Waals surface area (Å²) in [6.45, 7) is 0.230. The molecule has 0 aromatic heterocycles. The van der Waals surface area contributed by atoms with Crippen molar-refractivity contribution in [2.75, 3.05) is 13.2 Å². The Kier molecular flexibility index (Phi) is 5.33. The van der Waals surface area contributed by atoms with Gasteiger partial charge in [-0.15, -0.1) is 0 Å². The number of rotatable bonds is 3. The molecule has 1 aromatic carbocycles. The average Bonchev–Trinajstić information content (AvgIpc) is 3.02. The average molecular weight is 439 g/mol. The van der Waals surface area contributed by atoms with Crippen molar-refractivity contribution in [2.45, 2.75) is 37.8 Å². The lowest BCUT2D eigenvalue weighted by molar-refractivity contribution is -0.291. The third kappa shape index (κ3) is 3.58. The third-order valence-corrected chi connectivity index (χ3v) is 5.41. The summed E-state index contributed by atoms with van der Waals surface area (Å²) >= 11 is 5.03. The van der Waals surface area contributed by atoms with Crippen molar-refractivity contribution in [1.82, 2.24) is 10.2 Å². The molecule has 1 fully saturated rings. The number of nitrogens with zero attached hydrogens (tertiary/aromatic N) is 1. The van der Waals surface area contributed by atoms with Crippen molar-refractivity contribution in [3.8, 4) is 5.75 Å². The van der Waals surface area contributed by atoms with Crippen molar-refractivity contribution in [3.63, 3.8) is 0 Å². The highest BCUT2D eigenvalue weighted by Gasteiger charge is 2.54. The lowest BCUT2D eigenvalue weighted by Gasteiger charge is -2.44. The summed E-state index contributed by atoms with van der Waals surface area (Å²) < 4.78 is 44.4. The molecule has 0 aliphatic carbocycles.